The third-order valence-corrected chi connectivity index (χ3v) is 4.63. The van der Waals surface area contributed by atoms with Crippen LogP contribution >= 0.6 is 11.3 Å². The van der Waals surface area contributed by atoms with Gasteiger partial charge in [0.15, 0.2) is 0 Å². The van der Waals surface area contributed by atoms with Crippen molar-refractivity contribution >= 4 is 22.5 Å². The third kappa shape index (κ3) is 4.23. The average Bonchev–Trinajstić information content (AvgIpc) is 2.90. The second-order valence-corrected chi connectivity index (χ2v) is 6.76. The maximum absolute atomic E-state index is 13.1. The van der Waals surface area contributed by atoms with Gasteiger partial charge in [-0.3, -0.25) is 5.32 Å². The van der Waals surface area contributed by atoms with Crippen LogP contribution in [0.25, 0.3) is 0 Å². The van der Waals surface area contributed by atoms with E-state index in [0.29, 0.717) is 29.4 Å². The van der Waals surface area contributed by atoms with Crippen molar-refractivity contribution in [1.82, 2.24) is 15.5 Å². The van der Waals surface area contributed by atoms with Gasteiger partial charge in [-0.1, -0.05) is 23.5 Å². The molecule has 0 atom stereocenters. The standard InChI is InChI=1S/C15H17FN4O2S/c16-11-4-1-3-10(7-11)8-12-19-20-14(23-12)18-13(21)17-9-15(22)5-2-6-15/h1,3-4,7,22H,2,5-6,8-9H2,(H2,17,18,20,21). The summed E-state index contributed by atoms with van der Waals surface area (Å²) in [5.74, 6) is -0.293. The molecule has 2 amide bonds. The van der Waals surface area contributed by atoms with Gasteiger partial charge in [0.25, 0.3) is 0 Å². The number of hydrogen-bond donors (Lipinski definition) is 3. The average molecular weight is 336 g/mol. The molecule has 0 unspecified atom stereocenters. The topological polar surface area (TPSA) is 87.1 Å². The van der Waals surface area contributed by atoms with Crippen molar-refractivity contribution in [1.29, 1.82) is 0 Å². The minimum atomic E-state index is -0.763. The zero-order valence-corrected chi connectivity index (χ0v) is 13.2. The second kappa shape index (κ2) is 6.59. The molecule has 1 aromatic carbocycles. The number of urea groups is 1. The van der Waals surface area contributed by atoms with Gasteiger partial charge in [0.05, 0.1) is 5.60 Å². The molecule has 1 heterocycles. The zero-order valence-electron chi connectivity index (χ0n) is 12.4. The molecule has 1 saturated carbocycles. The molecule has 1 aliphatic carbocycles. The molecular weight excluding hydrogens is 319 g/mol. The van der Waals surface area contributed by atoms with Crippen LogP contribution in [0.4, 0.5) is 14.3 Å². The van der Waals surface area contributed by atoms with Gasteiger partial charge in [-0.15, -0.1) is 10.2 Å². The monoisotopic (exact) mass is 336 g/mol. The third-order valence-electron chi connectivity index (χ3n) is 3.79. The normalized spacial score (nSPS) is 15.7. The number of rotatable bonds is 5. The van der Waals surface area contributed by atoms with Crippen LogP contribution in [0, 0.1) is 5.82 Å². The summed E-state index contributed by atoms with van der Waals surface area (Å²) in [6.07, 6.45) is 2.87. The quantitative estimate of drug-likeness (QED) is 0.782. The fourth-order valence-corrected chi connectivity index (χ4v) is 3.11. The minimum Gasteiger partial charge on any atom is -0.388 e. The van der Waals surface area contributed by atoms with E-state index < -0.39 is 11.6 Å². The molecule has 6 nitrogen and oxygen atoms in total. The number of aliphatic hydroxyl groups is 1. The number of amides is 2. The maximum atomic E-state index is 13.1. The van der Waals surface area contributed by atoms with Crippen LogP contribution in [0.2, 0.25) is 0 Å². The minimum absolute atomic E-state index is 0.230. The van der Waals surface area contributed by atoms with E-state index >= 15 is 0 Å². The summed E-state index contributed by atoms with van der Waals surface area (Å²) in [7, 11) is 0. The highest BCUT2D eigenvalue weighted by Crippen LogP contribution is 2.30. The summed E-state index contributed by atoms with van der Waals surface area (Å²) in [4.78, 5) is 11.8. The molecule has 0 saturated heterocycles. The van der Waals surface area contributed by atoms with Gasteiger partial charge in [0.1, 0.15) is 10.8 Å². The predicted molar refractivity (Wildman–Crippen MR) is 84.9 cm³/mol. The first-order valence-corrected chi connectivity index (χ1v) is 8.18. The molecular formula is C15H17FN4O2S. The number of halogens is 1. The molecule has 1 aromatic heterocycles. The predicted octanol–water partition coefficient (Wildman–Crippen LogP) is 2.30. The summed E-state index contributed by atoms with van der Waals surface area (Å²) in [6, 6.07) is 5.86. The van der Waals surface area contributed by atoms with Crippen LogP contribution < -0.4 is 10.6 Å². The Morgan fingerprint density at radius 1 is 1.39 bits per heavy atom. The van der Waals surface area contributed by atoms with Crippen LogP contribution in [-0.4, -0.2) is 33.5 Å². The van der Waals surface area contributed by atoms with Crippen LogP contribution in [0.3, 0.4) is 0 Å². The smallest absolute Gasteiger partial charge is 0.321 e. The van der Waals surface area contributed by atoms with Crippen LogP contribution in [0.5, 0.6) is 0 Å². The largest absolute Gasteiger partial charge is 0.388 e. The van der Waals surface area contributed by atoms with Crippen molar-refractivity contribution in [3.63, 3.8) is 0 Å². The number of carbonyl (C=O) groups is 1. The number of anilines is 1. The summed E-state index contributed by atoms with van der Waals surface area (Å²) in [6.45, 7) is 0.230. The van der Waals surface area contributed by atoms with E-state index in [1.165, 1.54) is 23.5 Å². The number of hydrogen-bond acceptors (Lipinski definition) is 5. The highest BCUT2D eigenvalue weighted by molar-refractivity contribution is 7.15. The Bertz CT molecular complexity index is 702. The summed E-state index contributed by atoms with van der Waals surface area (Å²) in [5.41, 5.74) is 0.0328. The molecule has 0 radical (unpaired) electrons. The Hall–Kier alpha value is -2.06. The first-order valence-electron chi connectivity index (χ1n) is 7.36. The van der Waals surface area contributed by atoms with Crippen LogP contribution in [-0.2, 0) is 6.42 Å². The van der Waals surface area contributed by atoms with Crippen molar-refractivity contribution in [2.24, 2.45) is 0 Å². The SMILES string of the molecule is O=C(NCC1(O)CCC1)Nc1nnc(Cc2cccc(F)c2)s1. The molecule has 2 aromatic rings. The second-order valence-electron chi connectivity index (χ2n) is 5.69. The van der Waals surface area contributed by atoms with Gasteiger partial charge < -0.3 is 10.4 Å². The molecule has 1 aliphatic rings. The Balaban J connectivity index is 1.51. The molecule has 0 spiro atoms. The molecule has 8 heteroatoms. The lowest BCUT2D eigenvalue weighted by atomic mass is 9.80. The van der Waals surface area contributed by atoms with E-state index in [0.717, 1.165) is 12.0 Å². The first kappa shape index (κ1) is 15.8. The van der Waals surface area contributed by atoms with Crippen molar-refractivity contribution in [3.8, 4) is 0 Å². The zero-order chi connectivity index (χ0) is 16.3. The number of carbonyl (C=O) groups excluding carboxylic acids is 1. The van der Waals surface area contributed by atoms with E-state index in [1.807, 2.05) is 6.07 Å². The van der Waals surface area contributed by atoms with E-state index in [-0.39, 0.29) is 12.4 Å². The van der Waals surface area contributed by atoms with E-state index in [1.54, 1.807) is 6.07 Å². The highest BCUT2D eigenvalue weighted by atomic mass is 32.1. The van der Waals surface area contributed by atoms with Gasteiger partial charge >= 0.3 is 6.03 Å². The van der Waals surface area contributed by atoms with Crippen molar-refractivity contribution in [2.75, 3.05) is 11.9 Å². The first-order chi connectivity index (χ1) is 11.0. The van der Waals surface area contributed by atoms with Crippen molar-refractivity contribution in [3.05, 3.63) is 40.7 Å². The van der Waals surface area contributed by atoms with Crippen LogP contribution in [0.1, 0.15) is 29.8 Å². The Labute approximate surface area is 136 Å². The molecule has 3 N–H and O–H groups in total. The molecule has 1 fully saturated rings. The van der Waals surface area contributed by atoms with E-state index in [9.17, 15) is 14.3 Å². The van der Waals surface area contributed by atoms with Gasteiger partial charge in [-0.2, -0.15) is 0 Å². The molecule has 122 valence electrons. The maximum Gasteiger partial charge on any atom is 0.321 e. The van der Waals surface area contributed by atoms with E-state index in [4.69, 9.17) is 0 Å². The number of benzene rings is 1. The summed E-state index contributed by atoms with van der Waals surface area (Å²) >= 11 is 1.24. The number of nitrogens with one attached hydrogen (secondary N) is 2. The Morgan fingerprint density at radius 2 is 2.22 bits per heavy atom. The Morgan fingerprint density at radius 3 is 2.91 bits per heavy atom. The molecule has 23 heavy (non-hydrogen) atoms. The lowest BCUT2D eigenvalue weighted by molar-refractivity contribution is -0.0287. The van der Waals surface area contributed by atoms with Crippen molar-refractivity contribution < 1.29 is 14.3 Å². The van der Waals surface area contributed by atoms with Crippen LogP contribution in [0.15, 0.2) is 24.3 Å². The lowest BCUT2D eigenvalue weighted by Crippen LogP contribution is -2.48. The molecule has 3 rings (SSSR count). The summed E-state index contributed by atoms with van der Waals surface area (Å²) in [5, 5.41) is 24.1. The fourth-order valence-electron chi connectivity index (χ4n) is 2.34. The highest BCUT2D eigenvalue weighted by Gasteiger charge is 2.34. The van der Waals surface area contributed by atoms with E-state index in [2.05, 4.69) is 20.8 Å². The van der Waals surface area contributed by atoms with Crippen molar-refractivity contribution in [2.45, 2.75) is 31.3 Å². The number of nitrogens with zero attached hydrogens (tertiary/aromatic N) is 2. The molecule has 0 bridgehead atoms. The van der Waals surface area contributed by atoms with Gasteiger partial charge in [-0.25, -0.2) is 9.18 Å². The summed E-state index contributed by atoms with van der Waals surface area (Å²) < 4.78 is 13.1. The van der Waals surface area contributed by atoms with Gasteiger partial charge in [0.2, 0.25) is 5.13 Å². The van der Waals surface area contributed by atoms with Gasteiger partial charge in [-0.05, 0) is 37.0 Å². The molecule has 0 aliphatic heterocycles. The fraction of sp³-hybridized carbons (Fsp3) is 0.400. The Kier molecular flexibility index (Phi) is 4.53. The van der Waals surface area contributed by atoms with Gasteiger partial charge in [0, 0.05) is 13.0 Å². The lowest BCUT2D eigenvalue weighted by Gasteiger charge is -2.36. The number of aromatic nitrogens is 2.